The lowest BCUT2D eigenvalue weighted by molar-refractivity contribution is 0.0732. The summed E-state index contributed by atoms with van der Waals surface area (Å²) in [5.41, 5.74) is 4.83. The minimum absolute atomic E-state index is 0.0553. The van der Waals surface area contributed by atoms with E-state index in [2.05, 4.69) is 17.1 Å². The Labute approximate surface area is 134 Å². The third-order valence-corrected chi connectivity index (χ3v) is 4.55. The van der Waals surface area contributed by atoms with Crippen LogP contribution in [0.1, 0.15) is 27.2 Å². The molecule has 2 heterocycles. The van der Waals surface area contributed by atoms with E-state index in [4.69, 9.17) is 0 Å². The summed E-state index contributed by atoms with van der Waals surface area (Å²) in [4.78, 5) is 18.0. The number of aromatic hydroxyl groups is 1. The molecule has 1 amide bonds. The van der Waals surface area contributed by atoms with Gasteiger partial charge < -0.3 is 15.0 Å². The Hall–Kier alpha value is -2.75. The number of nitrogens with zero attached hydrogens (tertiary/aromatic N) is 1. The number of aryl methyl sites for hydroxylation is 1. The molecule has 2 aromatic carbocycles. The molecule has 0 unspecified atom stereocenters. The van der Waals surface area contributed by atoms with E-state index in [0.29, 0.717) is 18.7 Å². The molecule has 0 fully saturated rings. The number of aromatic nitrogens is 1. The SMILES string of the molecule is Cc1ccc(C(=O)N2CCc3[nH]c4ccccc4c3C2)c(O)c1. The van der Waals surface area contributed by atoms with Crippen LogP contribution in [0.5, 0.6) is 5.75 Å². The van der Waals surface area contributed by atoms with E-state index < -0.39 is 0 Å². The number of amides is 1. The predicted octanol–water partition coefficient (Wildman–Crippen LogP) is 3.38. The van der Waals surface area contributed by atoms with Crippen molar-refractivity contribution in [3.8, 4) is 5.75 Å². The molecule has 0 radical (unpaired) electrons. The van der Waals surface area contributed by atoms with Crippen LogP contribution in [0, 0.1) is 6.92 Å². The van der Waals surface area contributed by atoms with Gasteiger partial charge in [0, 0.05) is 41.7 Å². The molecule has 1 aromatic heterocycles. The number of H-pyrrole nitrogens is 1. The number of carbonyl (C=O) groups excluding carboxylic acids is 1. The van der Waals surface area contributed by atoms with Crippen LogP contribution in [0.3, 0.4) is 0 Å². The van der Waals surface area contributed by atoms with Gasteiger partial charge in [-0.05, 0) is 30.7 Å². The Kier molecular flexibility index (Phi) is 3.11. The summed E-state index contributed by atoms with van der Waals surface area (Å²) in [5, 5.41) is 11.2. The summed E-state index contributed by atoms with van der Waals surface area (Å²) in [7, 11) is 0. The molecule has 0 atom stereocenters. The Morgan fingerprint density at radius 2 is 2.04 bits per heavy atom. The third kappa shape index (κ3) is 2.27. The molecule has 0 saturated carbocycles. The maximum atomic E-state index is 12.8. The van der Waals surface area contributed by atoms with Crippen molar-refractivity contribution in [2.45, 2.75) is 19.9 Å². The zero-order valence-corrected chi connectivity index (χ0v) is 13.0. The normalized spacial score (nSPS) is 14.0. The van der Waals surface area contributed by atoms with E-state index >= 15 is 0 Å². The van der Waals surface area contributed by atoms with Gasteiger partial charge in [-0.15, -0.1) is 0 Å². The number of hydrogen-bond donors (Lipinski definition) is 2. The highest BCUT2D eigenvalue weighted by Crippen LogP contribution is 2.29. The predicted molar refractivity (Wildman–Crippen MR) is 89.6 cm³/mol. The number of phenolic OH excluding ortho intramolecular Hbond substituents is 1. The molecular formula is C19H18N2O2. The second kappa shape index (κ2) is 5.16. The molecule has 1 aliphatic rings. The van der Waals surface area contributed by atoms with Crippen LogP contribution in [-0.4, -0.2) is 27.4 Å². The maximum Gasteiger partial charge on any atom is 0.257 e. The van der Waals surface area contributed by atoms with E-state index in [0.717, 1.165) is 17.5 Å². The molecule has 4 rings (SSSR count). The fraction of sp³-hybridized carbons (Fsp3) is 0.211. The molecular weight excluding hydrogens is 288 g/mol. The summed E-state index contributed by atoms with van der Waals surface area (Å²) in [6, 6.07) is 13.4. The second-order valence-corrected chi connectivity index (χ2v) is 6.13. The molecule has 23 heavy (non-hydrogen) atoms. The number of para-hydroxylation sites is 1. The average molecular weight is 306 g/mol. The first-order chi connectivity index (χ1) is 11.1. The van der Waals surface area contributed by atoms with Crippen molar-refractivity contribution >= 4 is 16.8 Å². The van der Waals surface area contributed by atoms with E-state index in [1.54, 1.807) is 12.1 Å². The molecule has 4 nitrogen and oxygen atoms in total. The number of fused-ring (bicyclic) bond motifs is 3. The summed E-state index contributed by atoms with van der Waals surface area (Å²) < 4.78 is 0. The Bertz CT molecular complexity index is 911. The summed E-state index contributed by atoms with van der Waals surface area (Å²) in [6.45, 7) is 3.13. The van der Waals surface area contributed by atoms with Gasteiger partial charge in [0.05, 0.1) is 5.56 Å². The molecule has 0 bridgehead atoms. The largest absolute Gasteiger partial charge is 0.507 e. The monoisotopic (exact) mass is 306 g/mol. The number of nitrogens with one attached hydrogen (secondary N) is 1. The number of carbonyl (C=O) groups is 1. The van der Waals surface area contributed by atoms with Crippen LogP contribution in [0.25, 0.3) is 10.9 Å². The number of benzene rings is 2. The quantitative estimate of drug-likeness (QED) is 0.724. The summed E-state index contributed by atoms with van der Waals surface area (Å²) >= 11 is 0. The minimum Gasteiger partial charge on any atom is -0.507 e. The standard InChI is InChI=1S/C19H18N2O2/c1-12-6-7-14(18(22)10-12)19(23)21-9-8-17-15(11-21)13-4-2-3-5-16(13)20-17/h2-7,10,20,22H,8-9,11H2,1H3. The summed E-state index contributed by atoms with van der Waals surface area (Å²) in [6.07, 6.45) is 0.808. The van der Waals surface area contributed by atoms with Gasteiger partial charge in [0.15, 0.2) is 0 Å². The van der Waals surface area contributed by atoms with E-state index in [9.17, 15) is 9.90 Å². The Morgan fingerprint density at radius 1 is 1.22 bits per heavy atom. The zero-order valence-electron chi connectivity index (χ0n) is 13.0. The molecule has 2 N–H and O–H groups in total. The van der Waals surface area contributed by atoms with Gasteiger partial charge in [-0.2, -0.15) is 0 Å². The fourth-order valence-corrected chi connectivity index (χ4v) is 3.33. The molecule has 1 aliphatic heterocycles. The van der Waals surface area contributed by atoms with Crippen LogP contribution in [-0.2, 0) is 13.0 Å². The highest BCUT2D eigenvalue weighted by Gasteiger charge is 2.26. The van der Waals surface area contributed by atoms with Crippen molar-refractivity contribution in [3.63, 3.8) is 0 Å². The van der Waals surface area contributed by atoms with Crippen molar-refractivity contribution in [3.05, 3.63) is 64.8 Å². The van der Waals surface area contributed by atoms with Gasteiger partial charge >= 0.3 is 0 Å². The van der Waals surface area contributed by atoms with Gasteiger partial charge in [0.1, 0.15) is 5.75 Å². The van der Waals surface area contributed by atoms with Crippen LogP contribution < -0.4 is 0 Å². The molecule has 3 aromatic rings. The maximum absolute atomic E-state index is 12.8. The van der Waals surface area contributed by atoms with Crippen LogP contribution >= 0.6 is 0 Å². The van der Waals surface area contributed by atoms with Gasteiger partial charge in [0.2, 0.25) is 0 Å². The smallest absolute Gasteiger partial charge is 0.257 e. The number of aromatic amines is 1. The number of phenols is 1. The fourth-order valence-electron chi connectivity index (χ4n) is 3.33. The highest BCUT2D eigenvalue weighted by atomic mass is 16.3. The van der Waals surface area contributed by atoms with Crippen molar-refractivity contribution in [2.75, 3.05) is 6.54 Å². The first-order valence-corrected chi connectivity index (χ1v) is 7.81. The molecule has 0 aliphatic carbocycles. The minimum atomic E-state index is -0.113. The van der Waals surface area contributed by atoms with E-state index in [1.165, 1.54) is 16.6 Å². The van der Waals surface area contributed by atoms with Crippen LogP contribution in [0.2, 0.25) is 0 Å². The highest BCUT2D eigenvalue weighted by molar-refractivity contribution is 5.97. The average Bonchev–Trinajstić information content (AvgIpc) is 2.92. The van der Waals surface area contributed by atoms with Crippen molar-refractivity contribution < 1.29 is 9.90 Å². The molecule has 4 heteroatoms. The van der Waals surface area contributed by atoms with Gasteiger partial charge in [-0.1, -0.05) is 24.3 Å². The lowest BCUT2D eigenvalue weighted by atomic mass is 10.0. The molecule has 116 valence electrons. The molecule has 0 saturated heterocycles. The van der Waals surface area contributed by atoms with Crippen LogP contribution in [0.15, 0.2) is 42.5 Å². The van der Waals surface area contributed by atoms with Gasteiger partial charge in [-0.25, -0.2) is 0 Å². The van der Waals surface area contributed by atoms with Gasteiger partial charge in [-0.3, -0.25) is 4.79 Å². The van der Waals surface area contributed by atoms with E-state index in [1.807, 2.05) is 30.0 Å². The number of hydrogen-bond acceptors (Lipinski definition) is 2. The summed E-state index contributed by atoms with van der Waals surface area (Å²) in [5.74, 6) is -0.0573. The lowest BCUT2D eigenvalue weighted by Gasteiger charge is -2.27. The number of rotatable bonds is 1. The van der Waals surface area contributed by atoms with Gasteiger partial charge in [0.25, 0.3) is 5.91 Å². The Morgan fingerprint density at radius 3 is 2.87 bits per heavy atom. The Balaban J connectivity index is 1.68. The van der Waals surface area contributed by atoms with E-state index in [-0.39, 0.29) is 11.7 Å². The van der Waals surface area contributed by atoms with Crippen LogP contribution in [0.4, 0.5) is 0 Å². The van der Waals surface area contributed by atoms with Crippen molar-refractivity contribution in [1.82, 2.24) is 9.88 Å². The topological polar surface area (TPSA) is 56.3 Å². The first kappa shape index (κ1) is 13.9. The lowest BCUT2D eigenvalue weighted by Crippen LogP contribution is -2.35. The van der Waals surface area contributed by atoms with Crippen molar-refractivity contribution in [1.29, 1.82) is 0 Å². The molecule has 0 spiro atoms. The van der Waals surface area contributed by atoms with Crippen molar-refractivity contribution in [2.24, 2.45) is 0 Å². The third-order valence-electron chi connectivity index (χ3n) is 4.55. The second-order valence-electron chi connectivity index (χ2n) is 6.13. The first-order valence-electron chi connectivity index (χ1n) is 7.81. The zero-order chi connectivity index (χ0) is 16.0.